The monoisotopic (exact) mass is 214 g/mol. The van der Waals surface area contributed by atoms with E-state index in [1.165, 1.54) is 4.91 Å². The van der Waals surface area contributed by atoms with Gasteiger partial charge in [-0.2, -0.15) is 11.8 Å². The molecule has 0 unspecified atom stereocenters. The van der Waals surface area contributed by atoms with Crippen molar-refractivity contribution in [2.24, 2.45) is 5.73 Å². The number of hydrogen-bond acceptors (Lipinski definition) is 3. The Hall–Kier alpha value is 0.0900. The molecule has 0 fully saturated rings. The predicted molar refractivity (Wildman–Crippen MR) is 48.7 cm³/mol. The third-order valence-electron chi connectivity index (χ3n) is 0.950. The first kappa shape index (κ1) is 18.8. The SMILES string of the molecule is CSCC[C@H](N)C(=O)O.[N-]=[N+]=[N-].[Na+]. The average Bonchev–Trinajstić information content (AvgIpc) is 2.01. The Morgan fingerprint density at radius 3 is 2.31 bits per heavy atom. The number of nitrogens with zero attached hydrogens (tertiary/aromatic N) is 3. The number of carboxylic acids is 1. The Morgan fingerprint density at radius 2 is 2.08 bits per heavy atom. The second-order valence-corrected chi connectivity index (χ2v) is 2.80. The topological polar surface area (TPSA) is 122 Å². The molecule has 0 amide bonds. The van der Waals surface area contributed by atoms with E-state index >= 15 is 0 Å². The van der Waals surface area contributed by atoms with Crippen LogP contribution in [0.15, 0.2) is 0 Å². The quantitative estimate of drug-likeness (QED) is 0.244. The van der Waals surface area contributed by atoms with Gasteiger partial charge in [-0.3, -0.25) is 9.71 Å². The fourth-order valence-corrected chi connectivity index (χ4v) is 0.858. The summed E-state index contributed by atoms with van der Waals surface area (Å²) in [7, 11) is 0. The molecule has 0 aromatic rings. The van der Waals surface area contributed by atoms with Gasteiger partial charge in [-0.1, -0.05) is 0 Å². The number of rotatable bonds is 4. The summed E-state index contributed by atoms with van der Waals surface area (Å²) in [5.41, 5.74) is 18.7. The van der Waals surface area contributed by atoms with Gasteiger partial charge in [-0.25, -0.2) is 0 Å². The first-order valence-corrected chi connectivity index (χ1v) is 4.45. The minimum Gasteiger partial charge on any atom is -0.480 e. The van der Waals surface area contributed by atoms with Crippen molar-refractivity contribution in [3.05, 3.63) is 16.0 Å². The van der Waals surface area contributed by atoms with Gasteiger partial charge in [0.05, 0.1) is 0 Å². The molecule has 13 heavy (non-hydrogen) atoms. The Balaban J connectivity index is -0.000000220. The molecule has 0 aromatic heterocycles. The molecule has 0 aromatic carbocycles. The van der Waals surface area contributed by atoms with Crippen molar-refractivity contribution < 1.29 is 39.5 Å². The summed E-state index contributed by atoms with van der Waals surface area (Å²) in [4.78, 5) is 11.6. The zero-order chi connectivity index (χ0) is 9.98. The molecular formula is C5H11N4NaO2S. The fraction of sp³-hybridized carbons (Fsp3) is 0.800. The molecule has 0 saturated carbocycles. The van der Waals surface area contributed by atoms with Gasteiger partial charge in [0.2, 0.25) is 0 Å². The molecule has 0 bridgehead atoms. The number of thioether (sulfide) groups is 1. The van der Waals surface area contributed by atoms with E-state index in [0.29, 0.717) is 6.42 Å². The largest absolute Gasteiger partial charge is 1.00 e. The van der Waals surface area contributed by atoms with Gasteiger partial charge in [0.1, 0.15) is 6.04 Å². The van der Waals surface area contributed by atoms with E-state index in [4.69, 9.17) is 21.9 Å². The van der Waals surface area contributed by atoms with Gasteiger partial charge in [-0.05, 0) is 18.4 Å². The normalized spacial score (nSPS) is 9.69. The molecule has 0 rings (SSSR count). The van der Waals surface area contributed by atoms with Crippen molar-refractivity contribution >= 4 is 17.7 Å². The zero-order valence-electron chi connectivity index (χ0n) is 7.67. The summed E-state index contributed by atoms with van der Waals surface area (Å²) < 4.78 is 0. The number of aliphatic carboxylic acids is 1. The van der Waals surface area contributed by atoms with E-state index < -0.39 is 12.0 Å². The molecule has 0 heterocycles. The van der Waals surface area contributed by atoms with Gasteiger partial charge in [0, 0.05) is 0 Å². The van der Waals surface area contributed by atoms with Crippen LogP contribution in [0, 0.1) is 0 Å². The summed E-state index contributed by atoms with van der Waals surface area (Å²) in [6.45, 7) is 0. The van der Waals surface area contributed by atoms with E-state index in [0.717, 1.165) is 5.75 Å². The number of carbonyl (C=O) groups is 1. The van der Waals surface area contributed by atoms with Gasteiger partial charge in [-0.15, -0.1) is 0 Å². The molecule has 0 spiro atoms. The standard InChI is InChI=1S/C5H11NO2S.N3.Na/c1-9-3-2-4(6)5(7)8;1-3-2;/h4H,2-3,6H2,1H3,(H,7,8);;/q;-1;+1/t4-;;/m0../s1. The predicted octanol–water partition coefficient (Wildman–Crippen LogP) is -1.98. The molecule has 3 N–H and O–H groups in total. The second kappa shape index (κ2) is 14.6. The number of nitrogens with two attached hydrogens (primary N) is 1. The van der Waals surface area contributed by atoms with E-state index in [9.17, 15) is 4.79 Å². The summed E-state index contributed by atoms with van der Waals surface area (Å²) in [6.07, 6.45) is 2.48. The van der Waals surface area contributed by atoms with E-state index in [1.807, 2.05) is 6.26 Å². The third kappa shape index (κ3) is 18.8. The van der Waals surface area contributed by atoms with Crippen molar-refractivity contribution in [1.82, 2.24) is 0 Å². The summed E-state index contributed by atoms with van der Waals surface area (Å²) in [6, 6.07) is -0.683. The minimum absolute atomic E-state index is 0. The van der Waals surface area contributed by atoms with Crippen LogP contribution in [-0.4, -0.2) is 29.1 Å². The van der Waals surface area contributed by atoms with Crippen LogP contribution in [0.2, 0.25) is 0 Å². The first-order chi connectivity index (χ1) is 5.59. The van der Waals surface area contributed by atoms with Crippen LogP contribution >= 0.6 is 11.8 Å². The number of hydrogen-bond donors (Lipinski definition) is 2. The van der Waals surface area contributed by atoms with Crippen molar-refractivity contribution in [2.75, 3.05) is 12.0 Å². The maximum Gasteiger partial charge on any atom is 1.00 e. The van der Waals surface area contributed by atoms with Crippen LogP contribution in [0.25, 0.3) is 16.0 Å². The zero-order valence-corrected chi connectivity index (χ0v) is 10.5. The average molecular weight is 214 g/mol. The fourth-order valence-electron chi connectivity index (χ4n) is 0.368. The molecule has 1 atom stereocenters. The Bertz CT molecular complexity index is 163. The van der Waals surface area contributed by atoms with E-state index in [1.54, 1.807) is 11.8 Å². The molecule has 0 saturated heterocycles. The van der Waals surface area contributed by atoms with Crippen LogP contribution in [0.1, 0.15) is 6.42 Å². The molecule has 70 valence electrons. The van der Waals surface area contributed by atoms with Gasteiger partial charge >= 0.3 is 35.5 Å². The van der Waals surface area contributed by atoms with E-state index in [2.05, 4.69) is 0 Å². The van der Waals surface area contributed by atoms with Crippen LogP contribution in [-0.2, 0) is 4.79 Å². The molecule has 8 heteroatoms. The van der Waals surface area contributed by atoms with Crippen molar-refractivity contribution in [2.45, 2.75) is 12.5 Å². The minimum atomic E-state index is -0.913. The van der Waals surface area contributed by atoms with Gasteiger partial charge in [0.25, 0.3) is 0 Å². The van der Waals surface area contributed by atoms with Crippen LogP contribution in [0.5, 0.6) is 0 Å². The smallest absolute Gasteiger partial charge is 0.480 e. The van der Waals surface area contributed by atoms with Crippen LogP contribution in [0.3, 0.4) is 0 Å². The van der Waals surface area contributed by atoms with Gasteiger partial charge in [0.15, 0.2) is 0 Å². The third-order valence-corrected chi connectivity index (χ3v) is 1.59. The van der Waals surface area contributed by atoms with Crippen molar-refractivity contribution in [3.63, 3.8) is 0 Å². The Kier molecular flexibility index (Phi) is 21.1. The molecule has 0 aliphatic rings. The van der Waals surface area contributed by atoms with Crippen molar-refractivity contribution in [1.29, 1.82) is 0 Å². The summed E-state index contributed by atoms with van der Waals surface area (Å²) in [5, 5.41) is 8.27. The van der Waals surface area contributed by atoms with Crippen LogP contribution < -0.4 is 35.3 Å². The molecule has 0 radical (unpaired) electrons. The van der Waals surface area contributed by atoms with E-state index in [-0.39, 0.29) is 29.6 Å². The molecular weight excluding hydrogens is 203 g/mol. The summed E-state index contributed by atoms with van der Waals surface area (Å²) in [5.74, 6) is -0.1000. The Labute approximate surface area is 103 Å². The first-order valence-electron chi connectivity index (χ1n) is 3.05. The summed E-state index contributed by atoms with van der Waals surface area (Å²) >= 11 is 1.60. The van der Waals surface area contributed by atoms with Crippen molar-refractivity contribution in [3.8, 4) is 0 Å². The maximum atomic E-state index is 10.1. The molecule has 0 aliphatic heterocycles. The number of carboxylic acid groups (broad SMARTS) is 1. The molecule has 0 aliphatic carbocycles. The Morgan fingerprint density at radius 1 is 1.69 bits per heavy atom. The maximum absolute atomic E-state index is 10.1. The molecule has 6 nitrogen and oxygen atoms in total. The second-order valence-electron chi connectivity index (χ2n) is 1.82. The van der Waals surface area contributed by atoms with Gasteiger partial charge < -0.3 is 21.9 Å². The van der Waals surface area contributed by atoms with Crippen LogP contribution in [0.4, 0.5) is 0 Å².